The van der Waals surface area contributed by atoms with Gasteiger partial charge in [-0.05, 0) is 42.9 Å². The van der Waals surface area contributed by atoms with Crippen molar-refractivity contribution in [3.63, 3.8) is 0 Å². The molecule has 3 aromatic rings. The first kappa shape index (κ1) is 19.3. The summed E-state index contributed by atoms with van der Waals surface area (Å²) in [6.45, 7) is 2.04. The molecule has 0 saturated heterocycles. The zero-order valence-corrected chi connectivity index (χ0v) is 17.0. The topological polar surface area (TPSA) is 90.3 Å². The molecule has 4 rings (SSSR count). The number of carbonyl (C=O) groups excluding carboxylic acids is 2. The van der Waals surface area contributed by atoms with Crippen LogP contribution in [-0.4, -0.2) is 28.5 Å². The summed E-state index contributed by atoms with van der Waals surface area (Å²) < 4.78 is 6.06. The summed E-state index contributed by atoms with van der Waals surface area (Å²) in [4.78, 5) is 43.8. The van der Waals surface area contributed by atoms with Crippen molar-refractivity contribution in [2.75, 3.05) is 12.4 Å². The van der Waals surface area contributed by atoms with Gasteiger partial charge in [-0.1, -0.05) is 19.1 Å². The van der Waals surface area contributed by atoms with Gasteiger partial charge in [0.15, 0.2) is 0 Å². The second-order valence-corrected chi connectivity index (χ2v) is 8.38. The molecule has 1 aromatic carbocycles. The van der Waals surface area contributed by atoms with E-state index in [0.29, 0.717) is 17.0 Å². The molecule has 1 unspecified atom stereocenters. The summed E-state index contributed by atoms with van der Waals surface area (Å²) in [5, 5.41) is 3.33. The van der Waals surface area contributed by atoms with Gasteiger partial charge >= 0.3 is 5.97 Å². The van der Waals surface area contributed by atoms with E-state index < -0.39 is 11.9 Å². The van der Waals surface area contributed by atoms with Crippen molar-refractivity contribution in [3.8, 4) is 0 Å². The molecule has 1 atom stereocenters. The van der Waals surface area contributed by atoms with Gasteiger partial charge in [0.25, 0.3) is 5.56 Å². The standard InChI is InChI=1S/C21H21N3O4S/c1-12-7-8-14-16(9-12)29-19-18(14)20(26)24(11-22-19)10-17(25)23-15-6-4-3-5-13(15)21(27)28-2/h3-6,11-12H,7-10H2,1-2H3,(H,23,25). The second-order valence-electron chi connectivity index (χ2n) is 7.29. The van der Waals surface area contributed by atoms with Gasteiger partial charge in [0.05, 0.1) is 30.1 Å². The minimum atomic E-state index is -0.541. The van der Waals surface area contributed by atoms with E-state index in [9.17, 15) is 14.4 Å². The number of fused-ring (bicyclic) bond motifs is 3. The number of esters is 1. The molecule has 0 fully saturated rings. The lowest BCUT2D eigenvalue weighted by Gasteiger charge is -2.17. The Hall–Kier alpha value is -3.00. The molecule has 1 amide bonds. The molecule has 1 N–H and O–H groups in total. The molecule has 29 heavy (non-hydrogen) atoms. The molecule has 1 aliphatic carbocycles. The third-order valence-corrected chi connectivity index (χ3v) is 6.36. The number of para-hydroxylation sites is 1. The molecule has 0 aliphatic heterocycles. The third kappa shape index (κ3) is 3.67. The highest BCUT2D eigenvalue weighted by atomic mass is 32.1. The molecular formula is C21H21N3O4S. The SMILES string of the molecule is COC(=O)c1ccccc1NC(=O)Cn1cnc2sc3c(c2c1=O)CCC(C)C3. The van der Waals surface area contributed by atoms with E-state index in [1.54, 1.807) is 35.6 Å². The molecule has 2 aromatic heterocycles. The Balaban J connectivity index is 1.60. The molecule has 7 nitrogen and oxygen atoms in total. The van der Waals surface area contributed by atoms with Crippen molar-refractivity contribution >= 4 is 39.1 Å². The highest BCUT2D eigenvalue weighted by molar-refractivity contribution is 7.18. The van der Waals surface area contributed by atoms with Gasteiger partial charge in [-0.2, -0.15) is 0 Å². The maximum absolute atomic E-state index is 13.0. The largest absolute Gasteiger partial charge is 0.465 e. The van der Waals surface area contributed by atoms with Crippen LogP contribution in [0.25, 0.3) is 10.2 Å². The van der Waals surface area contributed by atoms with E-state index in [1.807, 2.05) is 0 Å². The van der Waals surface area contributed by atoms with E-state index in [2.05, 4.69) is 17.2 Å². The van der Waals surface area contributed by atoms with Crippen LogP contribution in [0, 0.1) is 5.92 Å². The Morgan fingerprint density at radius 2 is 2.14 bits per heavy atom. The predicted octanol–water partition coefficient (Wildman–Crippen LogP) is 3.01. The number of aromatic nitrogens is 2. The number of hydrogen-bond donors (Lipinski definition) is 1. The van der Waals surface area contributed by atoms with Gasteiger partial charge < -0.3 is 10.1 Å². The number of anilines is 1. The maximum atomic E-state index is 13.0. The number of thiophene rings is 1. The highest BCUT2D eigenvalue weighted by Gasteiger charge is 2.23. The minimum absolute atomic E-state index is 0.182. The molecule has 0 bridgehead atoms. The fourth-order valence-electron chi connectivity index (χ4n) is 3.70. The van der Waals surface area contributed by atoms with E-state index in [1.165, 1.54) is 22.9 Å². The van der Waals surface area contributed by atoms with Crippen molar-refractivity contribution in [2.45, 2.75) is 32.7 Å². The average molecular weight is 411 g/mol. The Labute approximate surface area is 171 Å². The first-order valence-electron chi connectivity index (χ1n) is 9.44. The third-order valence-electron chi connectivity index (χ3n) is 5.20. The fourth-order valence-corrected chi connectivity index (χ4v) is 5.04. The van der Waals surface area contributed by atoms with Crippen LogP contribution >= 0.6 is 11.3 Å². The zero-order valence-electron chi connectivity index (χ0n) is 16.2. The van der Waals surface area contributed by atoms with Gasteiger partial charge in [-0.25, -0.2) is 9.78 Å². The molecule has 150 valence electrons. The molecule has 2 heterocycles. The summed E-state index contributed by atoms with van der Waals surface area (Å²) in [6, 6.07) is 6.58. The average Bonchev–Trinajstić information content (AvgIpc) is 3.08. The summed E-state index contributed by atoms with van der Waals surface area (Å²) in [6.07, 6.45) is 4.32. The summed E-state index contributed by atoms with van der Waals surface area (Å²) >= 11 is 1.58. The summed E-state index contributed by atoms with van der Waals surface area (Å²) in [5.41, 5.74) is 1.49. The molecule has 0 saturated carbocycles. The molecule has 0 radical (unpaired) electrons. The number of aryl methyl sites for hydroxylation is 1. The number of methoxy groups -OCH3 is 1. The first-order valence-corrected chi connectivity index (χ1v) is 10.3. The number of rotatable bonds is 4. The zero-order chi connectivity index (χ0) is 20.5. The number of benzene rings is 1. The van der Waals surface area contributed by atoms with E-state index in [4.69, 9.17) is 4.74 Å². The van der Waals surface area contributed by atoms with Crippen LogP contribution in [0.5, 0.6) is 0 Å². The smallest absolute Gasteiger partial charge is 0.339 e. The number of carbonyl (C=O) groups is 2. The Kier molecular flexibility index (Phi) is 5.19. The van der Waals surface area contributed by atoms with Crippen molar-refractivity contribution in [1.82, 2.24) is 9.55 Å². The van der Waals surface area contributed by atoms with Crippen LogP contribution in [0.4, 0.5) is 5.69 Å². The molecular weight excluding hydrogens is 390 g/mol. The summed E-state index contributed by atoms with van der Waals surface area (Å²) in [7, 11) is 1.28. The number of amides is 1. The van der Waals surface area contributed by atoms with Crippen molar-refractivity contribution in [3.05, 3.63) is 57.0 Å². The van der Waals surface area contributed by atoms with Crippen LogP contribution < -0.4 is 10.9 Å². The molecule has 0 spiro atoms. The minimum Gasteiger partial charge on any atom is -0.465 e. The van der Waals surface area contributed by atoms with Crippen LogP contribution in [0.3, 0.4) is 0 Å². The van der Waals surface area contributed by atoms with Gasteiger partial charge in [-0.15, -0.1) is 11.3 Å². The lowest BCUT2D eigenvalue weighted by atomic mass is 9.89. The second kappa shape index (κ2) is 7.79. The van der Waals surface area contributed by atoms with E-state index in [0.717, 1.165) is 29.7 Å². The van der Waals surface area contributed by atoms with Crippen LogP contribution in [0.2, 0.25) is 0 Å². The monoisotopic (exact) mass is 411 g/mol. The van der Waals surface area contributed by atoms with E-state index in [-0.39, 0.29) is 17.7 Å². The quantitative estimate of drug-likeness (QED) is 0.667. The number of nitrogens with one attached hydrogen (secondary N) is 1. The Morgan fingerprint density at radius 3 is 2.93 bits per heavy atom. The highest BCUT2D eigenvalue weighted by Crippen LogP contribution is 2.35. The first-order chi connectivity index (χ1) is 14.0. The summed E-state index contributed by atoms with van der Waals surface area (Å²) in [5.74, 6) is -0.346. The van der Waals surface area contributed by atoms with Gasteiger partial charge in [0.2, 0.25) is 5.91 Å². The van der Waals surface area contributed by atoms with Crippen molar-refractivity contribution < 1.29 is 14.3 Å². The predicted molar refractivity (Wildman–Crippen MR) is 111 cm³/mol. The lowest BCUT2D eigenvalue weighted by Crippen LogP contribution is -2.28. The van der Waals surface area contributed by atoms with Crippen LogP contribution in [0.1, 0.15) is 34.1 Å². The normalized spacial score (nSPS) is 15.7. The maximum Gasteiger partial charge on any atom is 0.339 e. The Bertz CT molecular complexity index is 1160. The number of nitrogens with zero attached hydrogens (tertiary/aromatic N) is 2. The van der Waals surface area contributed by atoms with Crippen molar-refractivity contribution in [2.24, 2.45) is 5.92 Å². The molecule has 1 aliphatic rings. The van der Waals surface area contributed by atoms with Crippen molar-refractivity contribution in [1.29, 1.82) is 0 Å². The van der Waals surface area contributed by atoms with Gasteiger partial charge in [-0.3, -0.25) is 14.2 Å². The number of hydrogen-bond acceptors (Lipinski definition) is 6. The molecule has 8 heteroatoms. The van der Waals surface area contributed by atoms with Crippen LogP contribution in [0.15, 0.2) is 35.4 Å². The fraction of sp³-hybridized carbons (Fsp3) is 0.333. The van der Waals surface area contributed by atoms with Gasteiger partial charge in [0.1, 0.15) is 11.4 Å². The Morgan fingerprint density at radius 1 is 1.34 bits per heavy atom. The lowest BCUT2D eigenvalue weighted by molar-refractivity contribution is -0.116. The number of ether oxygens (including phenoxy) is 1. The van der Waals surface area contributed by atoms with E-state index >= 15 is 0 Å². The van der Waals surface area contributed by atoms with Crippen LogP contribution in [-0.2, 0) is 28.9 Å². The van der Waals surface area contributed by atoms with Gasteiger partial charge in [0, 0.05) is 4.88 Å².